The third-order valence-corrected chi connectivity index (χ3v) is 2.95. The van der Waals surface area contributed by atoms with Gasteiger partial charge in [-0.1, -0.05) is 0 Å². The molecule has 1 aliphatic rings. The van der Waals surface area contributed by atoms with Crippen LogP contribution in [0, 0.1) is 6.92 Å². The fourth-order valence-corrected chi connectivity index (χ4v) is 2.03. The second kappa shape index (κ2) is 7.21. The Morgan fingerprint density at radius 1 is 1.45 bits per heavy atom. The van der Waals surface area contributed by atoms with Crippen molar-refractivity contribution in [2.24, 2.45) is 0 Å². The first kappa shape index (κ1) is 14.7. The van der Waals surface area contributed by atoms with Crippen LogP contribution in [0.1, 0.15) is 23.0 Å². The average Bonchev–Trinajstić information content (AvgIpc) is 2.45. The van der Waals surface area contributed by atoms with E-state index < -0.39 is 0 Å². The smallest absolute Gasteiger partial charge is 0.251 e. The van der Waals surface area contributed by atoms with E-state index in [1.54, 1.807) is 12.1 Å². The summed E-state index contributed by atoms with van der Waals surface area (Å²) in [6.45, 7) is 6.82. The zero-order chi connectivity index (χ0) is 14.4. The number of ether oxygens (including phenoxy) is 2. The van der Waals surface area contributed by atoms with Crippen LogP contribution in [0.15, 0.2) is 12.1 Å². The van der Waals surface area contributed by atoms with E-state index in [0.717, 1.165) is 18.1 Å². The van der Waals surface area contributed by atoms with Gasteiger partial charge in [-0.3, -0.25) is 4.79 Å². The minimum atomic E-state index is -0.121. The Hall–Kier alpha value is -1.66. The lowest BCUT2D eigenvalue weighted by Crippen LogP contribution is -2.39. The third kappa shape index (κ3) is 4.18. The highest BCUT2D eigenvalue weighted by molar-refractivity contribution is 5.95. The molecule has 2 rings (SSSR count). The number of rotatable bonds is 5. The van der Waals surface area contributed by atoms with E-state index >= 15 is 0 Å². The van der Waals surface area contributed by atoms with Crippen molar-refractivity contribution in [3.05, 3.63) is 23.4 Å². The Morgan fingerprint density at radius 3 is 3.00 bits per heavy atom. The average molecular weight is 279 g/mol. The van der Waals surface area contributed by atoms with E-state index in [9.17, 15) is 4.79 Å². The zero-order valence-electron chi connectivity index (χ0n) is 11.9. The van der Waals surface area contributed by atoms with Gasteiger partial charge in [0.15, 0.2) is 0 Å². The molecule has 1 amide bonds. The Morgan fingerprint density at radius 2 is 2.30 bits per heavy atom. The van der Waals surface area contributed by atoms with Crippen LogP contribution in [0.4, 0.5) is 5.82 Å². The molecule has 2 N–H and O–H groups in total. The standard InChI is InChI=1S/C14H21N3O3/c1-3-15-13-7-11(6-10(2)17-13)14(18)16-8-12-9-19-4-5-20-12/h6-7,12H,3-5,8-9H2,1-2H3,(H,15,17)(H,16,18). The number of nitrogens with zero attached hydrogens (tertiary/aromatic N) is 1. The number of amides is 1. The quantitative estimate of drug-likeness (QED) is 0.840. The fraction of sp³-hybridized carbons (Fsp3) is 0.571. The SMILES string of the molecule is CCNc1cc(C(=O)NCC2COCCO2)cc(C)n1. The molecule has 20 heavy (non-hydrogen) atoms. The van der Waals surface area contributed by atoms with Crippen molar-refractivity contribution in [3.63, 3.8) is 0 Å². The number of hydrogen-bond acceptors (Lipinski definition) is 5. The second-order valence-corrected chi connectivity index (χ2v) is 4.69. The molecule has 1 atom stereocenters. The summed E-state index contributed by atoms with van der Waals surface area (Å²) in [7, 11) is 0. The number of aryl methyl sites for hydroxylation is 1. The van der Waals surface area contributed by atoms with Crippen LogP contribution < -0.4 is 10.6 Å². The van der Waals surface area contributed by atoms with Gasteiger partial charge in [-0.15, -0.1) is 0 Å². The number of aromatic nitrogens is 1. The Labute approximate surface area is 118 Å². The molecule has 1 aromatic rings. The molecule has 2 heterocycles. The van der Waals surface area contributed by atoms with Crippen LogP contribution in [0.25, 0.3) is 0 Å². The van der Waals surface area contributed by atoms with Gasteiger partial charge >= 0.3 is 0 Å². The molecule has 0 bridgehead atoms. The molecule has 0 spiro atoms. The summed E-state index contributed by atoms with van der Waals surface area (Å²) >= 11 is 0. The van der Waals surface area contributed by atoms with Crippen molar-refractivity contribution in [1.29, 1.82) is 0 Å². The van der Waals surface area contributed by atoms with Gasteiger partial charge in [0, 0.05) is 24.3 Å². The second-order valence-electron chi connectivity index (χ2n) is 4.69. The predicted molar refractivity (Wildman–Crippen MR) is 76.0 cm³/mol. The lowest BCUT2D eigenvalue weighted by molar-refractivity contribution is -0.0855. The monoisotopic (exact) mass is 279 g/mol. The number of pyridine rings is 1. The summed E-state index contributed by atoms with van der Waals surface area (Å²) < 4.78 is 10.8. The molecule has 6 heteroatoms. The maximum atomic E-state index is 12.1. The van der Waals surface area contributed by atoms with Crippen molar-refractivity contribution in [2.75, 3.05) is 38.2 Å². The zero-order valence-corrected chi connectivity index (χ0v) is 11.9. The number of carbonyl (C=O) groups is 1. The van der Waals surface area contributed by atoms with Gasteiger partial charge in [0.25, 0.3) is 5.91 Å². The van der Waals surface area contributed by atoms with Crippen molar-refractivity contribution >= 4 is 11.7 Å². The molecule has 1 fully saturated rings. The Kier molecular flexibility index (Phi) is 5.31. The van der Waals surface area contributed by atoms with E-state index in [-0.39, 0.29) is 12.0 Å². The molecule has 0 aromatic carbocycles. The molecule has 6 nitrogen and oxygen atoms in total. The van der Waals surface area contributed by atoms with E-state index in [1.807, 2.05) is 13.8 Å². The molecule has 1 unspecified atom stereocenters. The van der Waals surface area contributed by atoms with Gasteiger partial charge in [-0.2, -0.15) is 0 Å². The summed E-state index contributed by atoms with van der Waals surface area (Å²) in [4.78, 5) is 16.5. The fourth-order valence-electron chi connectivity index (χ4n) is 2.03. The molecule has 0 radical (unpaired) electrons. The van der Waals surface area contributed by atoms with Crippen LogP contribution in [-0.4, -0.2) is 49.9 Å². The summed E-state index contributed by atoms with van der Waals surface area (Å²) in [6, 6.07) is 3.53. The van der Waals surface area contributed by atoms with Gasteiger partial charge < -0.3 is 20.1 Å². The summed E-state index contributed by atoms with van der Waals surface area (Å²) in [5.41, 5.74) is 1.41. The number of carbonyl (C=O) groups excluding carboxylic acids is 1. The topological polar surface area (TPSA) is 72.5 Å². The van der Waals surface area contributed by atoms with Crippen molar-refractivity contribution in [1.82, 2.24) is 10.3 Å². The maximum Gasteiger partial charge on any atom is 0.251 e. The lowest BCUT2D eigenvalue weighted by Gasteiger charge is -2.23. The van der Waals surface area contributed by atoms with E-state index in [4.69, 9.17) is 9.47 Å². The number of anilines is 1. The highest BCUT2D eigenvalue weighted by Crippen LogP contribution is 2.10. The van der Waals surface area contributed by atoms with Crippen LogP contribution in [0.3, 0.4) is 0 Å². The van der Waals surface area contributed by atoms with Crippen molar-refractivity contribution in [3.8, 4) is 0 Å². The first-order valence-electron chi connectivity index (χ1n) is 6.89. The van der Waals surface area contributed by atoms with E-state index in [0.29, 0.717) is 31.9 Å². The molecular weight excluding hydrogens is 258 g/mol. The predicted octanol–water partition coefficient (Wildman–Crippen LogP) is 0.967. The van der Waals surface area contributed by atoms with Gasteiger partial charge in [0.1, 0.15) is 5.82 Å². The largest absolute Gasteiger partial charge is 0.376 e. The van der Waals surface area contributed by atoms with Gasteiger partial charge in [-0.25, -0.2) is 4.98 Å². The van der Waals surface area contributed by atoms with Crippen LogP contribution in [0.2, 0.25) is 0 Å². The van der Waals surface area contributed by atoms with Crippen LogP contribution in [0.5, 0.6) is 0 Å². The van der Waals surface area contributed by atoms with Crippen molar-refractivity contribution in [2.45, 2.75) is 20.0 Å². The first-order chi connectivity index (χ1) is 9.69. The lowest BCUT2D eigenvalue weighted by atomic mass is 10.2. The highest BCUT2D eigenvalue weighted by atomic mass is 16.6. The molecule has 1 aromatic heterocycles. The molecule has 0 saturated carbocycles. The minimum absolute atomic E-state index is 0.0659. The van der Waals surface area contributed by atoms with Crippen molar-refractivity contribution < 1.29 is 14.3 Å². The highest BCUT2D eigenvalue weighted by Gasteiger charge is 2.16. The Bertz CT molecular complexity index is 459. The Balaban J connectivity index is 1.93. The summed E-state index contributed by atoms with van der Waals surface area (Å²) in [6.07, 6.45) is -0.0659. The van der Waals surface area contributed by atoms with Crippen LogP contribution in [-0.2, 0) is 9.47 Å². The molecule has 1 saturated heterocycles. The molecular formula is C14H21N3O3. The van der Waals surface area contributed by atoms with Gasteiger partial charge in [0.2, 0.25) is 0 Å². The summed E-state index contributed by atoms with van der Waals surface area (Å²) in [5.74, 6) is 0.596. The first-order valence-corrected chi connectivity index (χ1v) is 6.89. The van der Waals surface area contributed by atoms with Gasteiger partial charge in [0.05, 0.1) is 25.9 Å². The third-order valence-electron chi connectivity index (χ3n) is 2.95. The van der Waals surface area contributed by atoms with E-state index in [2.05, 4.69) is 15.6 Å². The molecule has 110 valence electrons. The van der Waals surface area contributed by atoms with Gasteiger partial charge in [-0.05, 0) is 26.0 Å². The van der Waals surface area contributed by atoms with Crippen LogP contribution >= 0.6 is 0 Å². The minimum Gasteiger partial charge on any atom is -0.376 e. The normalized spacial score (nSPS) is 18.6. The molecule has 1 aliphatic heterocycles. The number of nitrogens with one attached hydrogen (secondary N) is 2. The van der Waals surface area contributed by atoms with E-state index in [1.165, 1.54) is 0 Å². The number of hydrogen-bond donors (Lipinski definition) is 2. The maximum absolute atomic E-state index is 12.1. The summed E-state index contributed by atoms with van der Waals surface area (Å²) in [5, 5.41) is 5.98. The molecule has 0 aliphatic carbocycles.